The molecule has 0 spiro atoms. The fourth-order valence-corrected chi connectivity index (χ4v) is 4.55. The van der Waals surface area contributed by atoms with Crippen molar-refractivity contribution in [3.8, 4) is 0 Å². The van der Waals surface area contributed by atoms with E-state index >= 15 is 0 Å². The molecule has 8 heteroatoms. The lowest BCUT2D eigenvalue weighted by molar-refractivity contribution is 0.0520. The molecule has 4 rings (SSSR count). The van der Waals surface area contributed by atoms with Gasteiger partial charge in [0.05, 0.1) is 12.6 Å². The van der Waals surface area contributed by atoms with Gasteiger partial charge in [0.25, 0.3) is 0 Å². The Balaban J connectivity index is 1.54. The Hall–Kier alpha value is -2.87. The molecular formula is C23H29N5O2S. The van der Waals surface area contributed by atoms with Gasteiger partial charge in [0, 0.05) is 11.1 Å². The van der Waals surface area contributed by atoms with E-state index in [1.165, 1.54) is 30.6 Å². The molecule has 7 nitrogen and oxygen atoms in total. The summed E-state index contributed by atoms with van der Waals surface area (Å²) in [6, 6.07) is 8.48. The van der Waals surface area contributed by atoms with Gasteiger partial charge in [-0.25, -0.2) is 14.8 Å². The Morgan fingerprint density at radius 2 is 2.13 bits per heavy atom. The summed E-state index contributed by atoms with van der Waals surface area (Å²) in [6.07, 6.45) is 10.1. The number of nitrogens with one attached hydrogen (secondary N) is 3. The molecule has 1 saturated carbocycles. The summed E-state index contributed by atoms with van der Waals surface area (Å²) >= 11 is 1.36. The number of benzene rings is 1. The van der Waals surface area contributed by atoms with Crippen molar-refractivity contribution in [3.05, 3.63) is 47.0 Å². The molecule has 0 bridgehead atoms. The van der Waals surface area contributed by atoms with Gasteiger partial charge in [0.2, 0.25) is 0 Å². The Morgan fingerprint density at radius 3 is 2.94 bits per heavy atom. The highest BCUT2D eigenvalue weighted by Crippen LogP contribution is 2.27. The number of aromatic nitrogens is 1. The van der Waals surface area contributed by atoms with Gasteiger partial charge >= 0.3 is 5.97 Å². The van der Waals surface area contributed by atoms with Crippen molar-refractivity contribution in [1.29, 1.82) is 0 Å². The Kier molecular flexibility index (Phi) is 6.56. The number of carbonyl (C=O) groups is 1. The maximum atomic E-state index is 12.0. The molecule has 2 heterocycles. The van der Waals surface area contributed by atoms with E-state index in [1.54, 1.807) is 12.3 Å². The average molecular weight is 440 g/mol. The predicted octanol–water partition coefficient (Wildman–Crippen LogP) is 4.87. The van der Waals surface area contributed by atoms with Gasteiger partial charge in [0.1, 0.15) is 5.66 Å². The molecule has 1 aromatic heterocycles. The lowest BCUT2D eigenvalue weighted by atomic mass is 9.96. The van der Waals surface area contributed by atoms with E-state index in [-0.39, 0.29) is 6.04 Å². The van der Waals surface area contributed by atoms with Crippen LogP contribution in [0.2, 0.25) is 0 Å². The van der Waals surface area contributed by atoms with Crippen molar-refractivity contribution in [3.63, 3.8) is 0 Å². The molecule has 1 aliphatic carbocycles. The summed E-state index contributed by atoms with van der Waals surface area (Å²) in [6.45, 7) is 4.18. The number of anilines is 2. The van der Waals surface area contributed by atoms with Crippen molar-refractivity contribution < 1.29 is 9.53 Å². The van der Waals surface area contributed by atoms with Crippen molar-refractivity contribution in [1.82, 2.24) is 10.3 Å². The summed E-state index contributed by atoms with van der Waals surface area (Å²) in [4.78, 5) is 21.3. The van der Waals surface area contributed by atoms with Crippen molar-refractivity contribution in [2.24, 2.45) is 4.99 Å². The van der Waals surface area contributed by atoms with E-state index < -0.39 is 11.6 Å². The molecule has 1 atom stereocenters. The van der Waals surface area contributed by atoms with Crippen LogP contribution in [0, 0.1) is 0 Å². The number of thiazole rings is 1. The first kappa shape index (κ1) is 21.4. The van der Waals surface area contributed by atoms with Gasteiger partial charge in [-0.15, -0.1) is 11.3 Å². The third-order valence-electron chi connectivity index (χ3n) is 5.43. The number of carbonyl (C=O) groups excluding carboxylic acids is 1. The zero-order valence-corrected chi connectivity index (χ0v) is 18.8. The molecule has 0 amide bonds. The Morgan fingerprint density at radius 1 is 1.32 bits per heavy atom. The smallest absolute Gasteiger partial charge is 0.357 e. The number of para-hydroxylation sites is 1. The second-order valence-electron chi connectivity index (χ2n) is 8.03. The van der Waals surface area contributed by atoms with Crippen LogP contribution in [0.4, 0.5) is 10.8 Å². The van der Waals surface area contributed by atoms with E-state index in [4.69, 9.17) is 9.73 Å². The third-order valence-corrected chi connectivity index (χ3v) is 6.19. The van der Waals surface area contributed by atoms with Crippen molar-refractivity contribution >= 4 is 40.2 Å². The van der Waals surface area contributed by atoms with E-state index in [0.29, 0.717) is 23.4 Å². The van der Waals surface area contributed by atoms with Crippen LogP contribution < -0.4 is 16.0 Å². The van der Waals surface area contributed by atoms with E-state index in [2.05, 4.69) is 52.1 Å². The number of guanidine groups is 1. The number of hydrogen-bond acceptors (Lipinski definition) is 6. The molecule has 0 saturated heterocycles. The maximum Gasteiger partial charge on any atom is 0.357 e. The summed E-state index contributed by atoms with van der Waals surface area (Å²) < 4.78 is 5.05. The standard InChI is InChI=1S/C23H29N5O2S/c1-3-30-20(29)19-15-31-22(25-19)26-21(24-17-10-5-4-6-11-17)28-23(2)14-13-16-9-7-8-12-18(16)27-23/h7-9,12-15,17,27H,3-6,10-11H2,1-2H3,(H2,24,25,26,28). The van der Waals surface area contributed by atoms with Crippen molar-refractivity contribution in [2.75, 3.05) is 17.2 Å². The number of nitrogens with zero attached hydrogens (tertiary/aromatic N) is 2. The first-order valence-electron chi connectivity index (χ1n) is 10.9. The monoisotopic (exact) mass is 439 g/mol. The van der Waals surface area contributed by atoms with Crippen LogP contribution in [-0.4, -0.2) is 35.2 Å². The minimum absolute atomic E-state index is 0.275. The van der Waals surface area contributed by atoms with Crippen LogP contribution in [-0.2, 0) is 4.74 Å². The molecule has 164 valence electrons. The number of ether oxygens (including phenoxy) is 1. The number of esters is 1. The quantitative estimate of drug-likeness (QED) is 0.350. The second kappa shape index (κ2) is 9.51. The molecular weight excluding hydrogens is 410 g/mol. The van der Waals surface area contributed by atoms with Gasteiger partial charge in [-0.3, -0.25) is 0 Å². The van der Waals surface area contributed by atoms with Crippen molar-refractivity contribution in [2.45, 2.75) is 57.7 Å². The maximum absolute atomic E-state index is 12.0. The van der Waals surface area contributed by atoms with E-state index in [1.807, 2.05) is 12.1 Å². The Labute approximate surface area is 187 Å². The molecule has 2 aromatic rings. The largest absolute Gasteiger partial charge is 0.461 e. The number of hydrogen-bond donors (Lipinski definition) is 3. The van der Waals surface area contributed by atoms with Gasteiger partial charge < -0.3 is 20.7 Å². The number of rotatable bonds is 5. The highest BCUT2D eigenvalue weighted by atomic mass is 32.1. The molecule has 1 aromatic carbocycles. The Bertz CT molecular complexity index is 980. The molecule has 2 aliphatic rings. The van der Waals surface area contributed by atoms with E-state index in [0.717, 1.165) is 24.1 Å². The fraction of sp³-hybridized carbons (Fsp3) is 0.435. The first-order chi connectivity index (χ1) is 15.0. The first-order valence-corrected chi connectivity index (χ1v) is 11.7. The van der Waals surface area contributed by atoms with Crippen LogP contribution in [0.25, 0.3) is 6.08 Å². The SMILES string of the molecule is CCOC(=O)c1csc(NC(=NC2CCCCC2)NC2(C)C=Cc3ccccc3N2)n1. The molecule has 3 N–H and O–H groups in total. The van der Waals surface area contributed by atoms with E-state index in [9.17, 15) is 4.79 Å². The highest BCUT2D eigenvalue weighted by Gasteiger charge is 2.27. The highest BCUT2D eigenvalue weighted by molar-refractivity contribution is 7.14. The number of aliphatic imine (C=N–C) groups is 1. The zero-order chi connectivity index (χ0) is 21.7. The van der Waals surface area contributed by atoms with Gasteiger partial charge in [-0.2, -0.15) is 0 Å². The molecule has 1 aliphatic heterocycles. The number of fused-ring (bicyclic) bond motifs is 1. The summed E-state index contributed by atoms with van der Waals surface area (Å²) in [5, 5.41) is 12.7. The van der Waals surface area contributed by atoms with Crippen LogP contribution in [0.15, 0.2) is 40.7 Å². The summed E-state index contributed by atoms with van der Waals surface area (Å²) in [5.41, 5.74) is 2.01. The molecule has 1 fully saturated rings. The van der Waals surface area contributed by atoms with Gasteiger partial charge in [0.15, 0.2) is 16.8 Å². The zero-order valence-electron chi connectivity index (χ0n) is 18.0. The van der Waals surface area contributed by atoms with Gasteiger partial charge in [-0.1, -0.05) is 43.5 Å². The molecule has 31 heavy (non-hydrogen) atoms. The van der Waals surface area contributed by atoms with Gasteiger partial charge in [-0.05, 0) is 44.4 Å². The normalized spacial score (nSPS) is 21.2. The topological polar surface area (TPSA) is 87.6 Å². The fourth-order valence-electron chi connectivity index (χ4n) is 3.87. The second-order valence-corrected chi connectivity index (χ2v) is 8.88. The van der Waals surface area contributed by atoms with Crippen LogP contribution >= 0.6 is 11.3 Å². The predicted molar refractivity (Wildman–Crippen MR) is 127 cm³/mol. The summed E-state index contributed by atoms with van der Waals surface area (Å²) in [7, 11) is 0. The minimum Gasteiger partial charge on any atom is -0.461 e. The molecule has 1 unspecified atom stereocenters. The van der Waals surface area contributed by atoms with Crippen LogP contribution in [0.3, 0.4) is 0 Å². The van der Waals surface area contributed by atoms with Crippen LogP contribution in [0.1, 0.15) is 62.0 Å². The summed E-state index contributed by atoms with van der Waals surface area (Å²) in [5.74, 6) is 0.238. The lowest BCUT2D eigenvalue weighted by Crippen LogP contribution is -2.53. The minimum atomic E-state index is -0.518. The molecule has 0 radical (unpaired) electrons. The average Bonchev–Trinajstić information content (AvgIpc) is 3.23. The third kappa shape index (κ3) is 5.44. The lowest BCUT2D eigenvalue weighted by Gasteiger charge is -2.35. The van der Waals surface area contributed by atoms with Crippen LogP contribution in [0.5, 0.6) is 0 Å².